The molecule has 1 aliphatic rings. The van der Waals surface area contributed by atoms with Gasteiger partial charge in [-0.15, -0.1) is 0 Å². The molecule has 3 aromatic rings. The topological polar surface area (TPSA) is 67.3 Å². The smallest absolute Gasteiger partial charge is 0.272 e. The van der Waals surface area contributed by atoms with E-state index in [4.69, 9.17) is 4.74 Å². The zero-order valence-corrected chi connectivity index (χ0v) is 14.8. The van der Waals surface area contributed by atoms with Gasteiger partial charge in [-0.05, 0) is 55.3 Å². The molecule has 1 aromatic heterocycles. The fourth-order valence-electron chi connectivity index (χ4n) is 2.98. The molecule has 6 nitrogen and oxygen atoms in total. The third kappa shape index (κ3) is 4.23. The maximum absolute atomic E-state index is 12.5. The van der Waals surface area contributed by atoms with E-state index in [1.807, 2.05) is 59.5 Å². The molecule has 4 rings (SSSR count). The minimum Gasteiger partial charge on any atom is -0.457 e. The van der Waals surface area contributed by atoms with Gasteiger partial charge >= 0.3 is 0 Å². The fraction of sp³-hybridized carbons (Fsp3) is 0.190. The lowest BCUT2D eigenvalue weighted by Gasteiger charge is -2.14. The molecule has 0 saturated carbocycles. The molecule has 1 fully saturated rings. The Bertz CT molecular complexity index is 907. The standard InChI is InChI=1S/C21H20N4O2/c26-20(25-14-4-5-15-25)19-12-13-22-21(24-19)23-16-8-10-18(11-9-16)27-17-6-2-1-3-7-17/h1-3,6-13H,4-5,14-15H2,(H,22,23,24). The van der Waals surface area contributed by atoms with Crippen molar-refractivity contribution in [2.45, 2.75) is 12.8 Å². The SMILES string of the molecule is O=C(c1ccnc(Nc2ccc(Oc3ccccc3)cc2)n1)N1CCCC1. The molecule has 6 heteroatoms. The van der Waals surface area contributed by atoms with E-state index in [-0.39, 0.29) is 5.91 Å². The van der Waals surface area contributed by atoms with E-state index in [2.05, 4.69) is 15.3 Å². The molecule has 0 atom stereocenters. The number of carbonyl (C=O) groups is 1. The Morgan fingerprint density at radius 2 is 1.63 bits per heavy atom. The van der Waals surface area contributed by atoms with Crippen LogP contribution in [0.1, 0.15) is 23.3 Å². The van der Waals surface area contributed by atoms with Gasteiger partial charge < -0.3 is 15.0 Å². The first kappa shape index (κ1) is 17.0. The van der Waals surface area contributed by atoms with E-state index in [9.17, 15) is 4.79 Å². The molecule has 1 aliphatic heterocycles. The summed E-state index contributed by atoms with van der Waals surface area (Å²) in [5, 5.41) is 3.13. The van der Waals surface area contributed by atoms with Gasteiger partial charge in [0.15, 0.2) is 0 Å². The third-order valence-corrected chi connectivity index (χ3v) is 4.36. The molecule has 2 aromatic carbocycles. The lowest BCUT2D eigenvalue weighted by molar-refractivity contribution is 0.0787. The first-order valence-corrected chi connectivity index (χ1v) is 9.00. The number of benzene rings is 2. The lowest BCUT2D eigenvalue weighted by Crippen LogP contribution is -2.28. The highest BCUT2D eigenvalue weighted by Gasteiger charge is 2.20. The predicted octanol–water partition coefficient (Wildman–Crippen LogP) is 4.25. The summed E-state index contributed by atoms with van der Waals surface area (Å²) < 4.78 is 5.78. The van der Waals surface area contributed by atoms with Crippen molar-refractivity contribution in [3.05, 3.63) is 72.6 Å². The van der Waals surface area contributed by atoms with Gasteiger partial charge in [0.1, 0.15) is 17.2 Å². The number of nitrogens with one attached hydrogen (secondary N) is 1. The Labute approximate surface area is 157 Å². The number of carbonyl (C=O) groups excluding carboxylic acids is 1. The Morgan fingerprint density at radius 3 is 2.37 bits per heavy atom. The highest BCUT2D eigenvalue weighted by atomic mass is 16.5. The van der Waals surface area contributed by atoms with Crippen molar-refractivity contribution >= 4 is 17.5 Å². The molecule has 0 bridgehead atoms. The van der Waals surface area contributed by atoms with Gasteiger partial charge in [0, 0.05) is 25.0 Å². The maximum atomic E-state index is 12.5. The van der Waals surface area contributed by atoms with Crippen molar-refractivity contribution < 1.29 is 9.53 Å². The summed E-state index contributed by atoms with van der Waals surface area (Å²) in [4.78, 5) is 22.9. The van der Waals surface area contributed by atoms with Crippen LogP contribution in [0.25, 0.3) is 0 Å². The van der Waals surface area contributed by atoms with Crippen molar-refractivity contribution in [3.63, 3.8) is 0 Å². The second kappa shape index (κ2) is 7.86. The Kier molecular flexibility index (Phi) is 4.96. The van der Waals surface area contributed by atoms with Crippen LogP contribution < -0.4 is 10.1 Å². The Hall–Kier alpha value is -3.41. The van der Waals surface area contributed by atoms with Crippen molar-refractivity contribution in [2.24, 2.45) is 0 Å². The van der Waals surface area contributed by atoms with Crippen molar-refractivity contribution in [1.29, 1.82) is 0 Å². The van der Waals surface area contributed by atoms with Crippen LogP contribution in [0.2, 0.25) is 0 Å². The zero-order chi connectivity index (χ0) is 18.5. The number of anilines is 2. The average Bonchev–Trinajstić information content (AvgIpc) is 3.25. The molecule has 0 radical (unpaired) electrons. The van der Waals surface area contributed by atoms with Crippen LogP contribution >= 0.6 is 0 Å². The van der Waals surface area contributed by atoms with E-state index in [1.54, 1.807) is 12.3 Å². The summed E-state index contributed by atoms with van der Waals surface area (Å²) in [5.41, 5.74) is 1.24. The van der Waals surface area contributed by atoms with Gasteiger partial charge in [-0.1, -0.05) is 18.2 Å². The number of amides is 1. The Morgan fingerprint density at radius 1 is 0.926 bits per heavy atom. The molecule has 136 valence electrons. The molecule has 1 amide bonds. The minimum absolute atomic E-state index is 0.0374. The van der Waals surface area contributed by atoms with Gasteiger partial charge in [-0.25, -0.2) is 9.97 Å². The normalized spacial score (nSPS) is 13.4. The molecular formula is C21H20N4O2. The highest BCUT2D eigenvalue weighted by molar-refractivity contribution is 5.92. The molecule has 0 unspecified atom stereocenters. The Balaban J connectivity index is 1.43. The minimum atomic E-state index is -0.0374. The second-order valence-corrected chi connectivity index (χ2v) is 6.33. The average molecular weight is 360 g/mol. The summed E-state index contributed by atoms with van der Waals surface area (Å²) in [6.45, 7) is 1.60. The van der Waals surface area contributed by atoms with Crippen molar-refractivity contribution in [3.8, 4) is 11.5 Å². The number of ether oxygens (including phenoxy) is 1. The summed E-state index contributed by atoms with van der Waals surface area (Å²) in [5.74, 6) is 1.89. The van der Waals surface area contributed by atoms with E-state index in [0.29, 0.717) is 11.6 Å². The summed E-state index contributed by atoms with van der Waals surface area (Å²) in [7, 11) is 0. The summed E-state index contributed by atoms with van der Waals surface area (Å²) in [6.07, 6.45) is 3.71. The van der Waals surface area contributed by atoms with Crippen LogP contribution in [0.5, 0.6) is 11.5 Å². The first-order chi connectivity index (χ1) is 13.3. The van der Waals surface area contributed by atoms with Crippen LogP contribution in [0, 0.1) is 0 Å². The molecular weight excluding hydrogens is 340 g/mol. The first-order valence-electron chi connectivity index (χ1n) is 9.00. The second-order valence-electron chi connectivity index (χ2n) is 6.33. The van der Waals surface area contributed by atoms with Crippen LogP contribution in [-0.4, -0.2) is 33.9 Å². The number of hydrogen-bond donors (Lipinski definition) is 1. The highest BCUT2D eigenvalue weighted by Crippen LogP contribution is 2.23. The number of hydrogen-bond acceptors (Lipinski definition) is 5. The number of para-hydroxylation sites is 1. The quantitative estimate of drug-likeness (QED) is 0.737. The number of likely N-dealkylation sites (tertiary alicyclic amines) is 1. The third-order valence-electron chi connectivity index (χ3n) is 4.36. The summed E-state index contributed by atoms with van der Waals surface area (Å²) >= 11 is 0. The summed E-state index contributed by atoms with van der Waals surface area (Å²) in [6, 6.07) is 18.8. The van der Waals surface area contributed by atoms with Crippen molar-refractivity contribution in [2.75, 3.05) is 18.4 Å². The monoisotopic (exact) mass is 360 g/mol. The molecule has 2 heterocycles. The fourth-order valence-corrected chi connectivity index (χ4v) is 2.98. The maximum Gasteiger partial charge on any atom is 0.272 e. The van der Waals surface area contributed by atoms with Gasteiger partial charge in [-0.2, -0.15) is 0 Å². The van der Waals surface area contributed by atoms with E-state index >= 15 is 0 Å². The van der Waals surface area contributed by atoms with Crippen LogP contribution in [0.15, 0.2) is 66.9 Å². The zero-order valence-electron chi connectivity index (χ0n) is 14.8. The molecule has 1 saturated heterocycles. The molecule has 27 heavy (non-hydrogen) atoms. The largest absolute Gasteiger partial charge is 0.457 e. The van der Waals surface area contributed by atoms with Gasteiger partial charge in [0.05, 0.1) is 0 Å². The van der Waals surface area contributed by atoms with Gasteiger partial charge in [0.2, 0.25) is 5.95 Å². The number of nitrogens with zero attached hydrogens (tertiary/aromatic N) is 3. The van der Waals surface area contributed by atoms with Crippen LogP contribution in [0.4, 0.5) is 11.6 Å². The van der Waals surface area contributed by atoms with Crippen LogP contribution in [0.3, 0.4) is 0 Å². The van der Waals surface area contributed by atoms with E-state index < -0.39 is 0 Å². The van der Waals surface area contributed by atoms with Gasteiger partial charge in [-0.3, -0.25) is 4.79 Å². The van der Waals surface area contributed by atoms with Crippen LogP contribution in [-0.2, 0) is 0 Å². The lowest BCUT2D eigenvalue weighted by atomic mass is 10.3. The predicted molar refractivity (Wildman–Crippen MR) is 103 cm³/mol. The van der Waals surface area contributed by atoms with Gasteiger partial charge in [0.25, 0.3) is 5.91 Å². The molecule has 1 N–H and O–H groups in total. The van der Waals surface area contributed by atoms with E-state index in [1.165, 1.54) is 0 Å². The van der Waals surface area contributed by atoms with Crippen molar-refractivity contribution in [1.82, 2.24) is 14.9 Å². The number of aromatic nitrogens is 2. The molecule has 0 aliphatic carbocycles. The number of rotatable bonds is 5. The molecule has 0 spiro atoms. The van der Waals surface area contributed by atoms with E-state index in [0.717, 1.165) is 43.1 Å².